The Labute approximate surface area is 130 Å². The lowest BCUT2D eigenvalue weighted by atomic mass is 10.2. The first kappa shape index (κ1) is 15.1. The third kappa shape index (κ3) is 3.41. The maximum absolute atomic E-state index is 12.1. The molecule has 6 heteroatoms. The smallest absolute Gasteiger partial charge is 0.283 e. The van der Waals surface area contributed by atoms with E-state index in [0.717, 1.165) is 5.56 Å². The van der Waals surface area contributed by atoms with Crippen molar-refractivity contribution >= 4 is 33.2 Å². The van der Waals surface area contributed by atoms with Crippen molar-refractivity contribution in [1.29, 1.82) is 0 Å². The molecule has 1 aromatic heterocycles. The predicted octanol–water partition coefficient (Wildman–Crippen LogP) is 3.85. The molecule has 0 unspecified atom stereocenters. The topological polar surface area (TPSA) is 46.9 Å². The van der Waals surface area contributed by atoms with Gasteiger partial charge in [0, 0.05) is 11.6 Å². The maximum atomic E-state index is 12.1. The van der Waals surface area contributed by atoms with Gasteiger partial charge in [0.2, 0.25) is 0 Å². The summed E-state index contributed by atoms with van der Waals surface area (Å²) >= 11 is 9.26. The van der Waals surface area contributed by atoms with Crippen molar-refractivity contribution in [1.82, 2.24) is 9.78 Å². The standard InChI is InChI=1S/C14H15BrClN3O/c1-9(2)19-14(20)13(15)12(8-18-19)17-7-10-4-3-5-11(16)6-10/h3-6,8-9,17H,7H2,1-2H3. The largest absolute Gasteiger partial charge is 0.379 e. The Balaban J connectivity index is 2.19. The Morgan fingerprint density at radius 3 is 2.85 bits per heavy atom. The minimum Gasteiger partial charge on any atom is -0.379 e. The zero-order valence-corrected chi connectivity index (χ0v) is 13.6. The third-order valence-electron chi connectivity index (χ3n) is 2.80. The van der Waals surface area contributed by atoms with Crippen LogP contribution < -0.4 is 10.9 Å². The van der Waals surface area contributed by atoms with Gasteiger partial charge < -0.3 is 5.32 Å². The van der Waals surface area contributed by atoms with Gasteiger partial charge in [0.05, 0.1) is 17.9 Å². The van der Waals surface area contributed by atoms with Crippen molar-refractivity contribution in [3.05, 3.63) is 55.9 Å². The summed E-state index contributed by atoms with van der Waals surface area (Å²) in [6.45, 7) is 4.41. The lowest BCUT2D eigenvalue weighted by Crippen LogP contribution is -2.26. The van der Waals surface area contributed by atoms with Crippen molar-refractivity contribution in [2.45, 2.75) is 26.4 Å². The van der Waals surface area contributed by atoms with Crippen LogP contribution >= 0.6 is 27.5 Å². The van der Waals surface area contributed by atoms with Crippen LogP contribution in [-0.2, 0) is 6.54 Å². The number of rotatable bonds is 4. The molecule has 1 N–H and O–H groups in total. The van der Waals surface area contributed by atoms with Gasteiger partial charge in [0.1, 0.15) is 4.47 Å². The molecule has 0 aliphatic heterocycles. The molecule has 1 heterocycles. The van der Waals surface area contributed by atoms with E-state index in [1.165, 1.54) is 4.68 Å². The Morgan fingerprint density at radius 1 is 1.45 bits per heavy atom. The minimum absolute atomic E-state index is 0.0285. The van der Waals surface area contributed by atoms with Crippen LogP contribution in [0.4, 0.5) is 5.69 Å². The second kappa shape index (κ2) is 6.41. The minimum atomic E-state index is -0.143. The van der Waals surface area contributed by atoms with Gasteiger partial charge in [-0.1, -0.05) is 23.7 Å². The van der Waals surface area contributed by atoms with Gasteiger partial charge in [-0.25, -0.2) is 4.68 Å². The van der Waals surface area contributed by atoms with Gasteiger partial charge in [-0.05, 0) is 47.5 Å². The number of halogens is 2. The molecule has 0 amide bonds. The Kier molecular flexibility index (Phi) is 4.83. The average Bonchev–Trinajstić information content (AvgIpc) is 2.40. The van der Waals surface area contributed by atoms with Crippen LogP contribution in [0.1, 0.15) is 25.5 Å². The Bertz CT molecular complexity index is 670. The number of nitrogens with one attached hydrogen (secondary N) is 1. The molecule has 1 aromatic carbocycles. The van der Waals surface area contributed by atoms with E-state index in [1.54, 1.807) is 6.20 Å². The second-order valence-electron chi connectivity index (χ2n) is 4.70. The van der Waals surface area contributed by atoms with Crippen LogP contribution in [0.3, 0.4) is 0 Å². The molecule has 0 aliphatic carbocycles. The van der Waals surface area contributed by atoms with Crippen LogP contribution in [0.5, 0.6) is 0 Å². The van der Waals surface area contributed by atoms with E-state index >= 15 is 0 Å². The summed E-state index contributed by atoms with van der Waals surface area (Å²) in [7, 11) is 0. The molecule has 2 rings (SSSR count). The first-order chi connectivity index (χ1) is 9.49. The van der Waals surface area contributed by atoms with Crippen LogP contribution in [0, 0.1) is 0 Å². The van der Waals surface area contributed by atoms with E-state index in [0.29, 0.717) is 21.7 Å². The molecule has 0 saturated carbocycles. The zero-order chi connectivity index (χ0) is 14.7. The van der Waals surface area contributed by atoms with Crippen molar-refractivity contribution in [3.63, 3.8) is 0 Å². The molecule has 0 saturated heterocycles. The normalized spacial score (nSPS) is 10.8. The molecule has 0 fully saturated rings. The molecule has 2 aromatic rings. The fourth-order valence-corrected chi connectivity index (χ4v) is 2.42. The lowest BCUT2D eigenvalue weighted by Gasteiger charge is -2.12. The number of hydrogen-bond donors (Lipinski definition) is 1. The van der Waals surface area contributed by atoms with Crippen LogP contribution in [0.15, 0.2) is 39.7 Å². The van der Waals surface area contributed by atoms with E-state index in [1.807, 2.05) is 38.1 Å². The molecular weight excluding hydrogens is 342 g/mol. The number of hydrogen-bond acceptors (Lipinski definition) is 3. The highest BCUT2D eigenvalue weighted by Gasteiger charge is 2.10. The summed E-state index contributed by atoms with van der Waals surface area (Å²) in [6.07, 6.45) is 1.65. The van der Waals surface area contributed by atoms with Gasteiger partial charge in [-0.3, -0.25) is 4.79 Å². The first-order valence-electron chi connectivity index (χ1n) is 6.24. The van der Waals surface area contributed by atoms with E-state index in [-0.39, 0.29) is 11.6 Å². The number of anilines is 1. The summed E-state index contributed by atoms with van der Waals surface area (Å²) in [6, 6.07) is 7.59. The number of benzene rings is 1. The Morgan fingerprint density at radius 2 is 2.20 bits per heavy atom. The fourth-order valence-electron chi connectivity index (χ4n) is 1.78. The van der Waals surface area contributed by atoms with E-state index in [4.69, 9.17) is 11.6 Å². The summed E-state index contributed by atoms with van der Waals surface area (Å²) < 4.78 is 1.93. The molecule has 4 nitrogen and oxygen atoms in total. The Hall–Kier alpha value is -1.33. The quantitative estimate of drug-likeness (QED) is 0.905. The summed E-state index contributed by atoms with van der Waals surface area (Å²) in [5.41, 5.74) is 1.57. The SMILES string of the molecule is CC(C)n1ncc(NCc2cccc(Cl)c2)c(Br)c1=O. The predicted molar refractivity (Wildman–Crippen MR) is 85.4 cm³/mol. The van der Waals surface area contributed by atoms with Crippen molar-refractivity contribution < 1.29 is 0 Å². The second-order valence-corrected chi connectivity index (χ2v) is 5.93. The van der Waals surface area contributed by atoms with Gasteiger partial charge in [0.25, 0.3) is 5.56 Å². The van der Waals surface area contributed by atoms with Gasteiger partial charge >= 0.3 is 0 Å². The van der Waals surface area contributed by atoms with Crippen LogP contribution in [0.25, 0.3) is 0 Å². The van der Waals surface area contributed by atoms with Gasteiger partial charge in [-0.15, -0.1) is 0 Å². The van der Waals surface area contributed by atoms with E-state index in [9.17, 15) is 4.79 Å². The van der Waals surface area contributed by atoms with Gasteiger partial charge in [0.15, 0.2) is 0 Å². The molecule has 0 spiro atoms. The summed E-state index contributed by atoms with van der Waals surface area (Å²) in [4.78, 5) is 12.1. The summed E-state index contributed by atoms with van der Waals surface area (Å²) in [5, 5.41) is 8.03. The molecule has 0 bridgehead atoms. The lowest BCUT2D eigenvalue weighted by molar-refractivity contribution is 0.501. The highest BCUT2D eigenvalue weighted by Crippen LogP contribution is 2.19. The molecular formula is C14H15BrClN3O. The maximum Gasteiger partial charge on any atom is 0.283 e. The number of nitrogens with zero attached hydrogens (tertiary/aromatic N) is 2. The van der Waals surface area contributed by atoms with E-state index < -0.39 is 0 Å². The van der Waals surface area contributed by atoms with Crippen LogP contribution in [0.2, 0.25) is 5.02 Å². The number of aromatic nitrogens is 2. The monoisotopic (exact) mass is 355 g/mol. The molecule has 0 atom stereocenters. The summed E-state index contributed by atoms with van der Waals surface area (Å²) in [5.74, 6) is 0. The van der Waals surface area contributed by atoms with Crippen molar-refractivity contribution in [2.24, 2.45) is 0 Å². The zero-order valence-electron chi connectivity index (χ0n) is 11.2. The van der Waals surface area contributed by atoms with Crippen molar-refractivity contribution in [3.8, 4) is 0 Å². The van der Waals surface area contributed by atoms with Gasteiger partial charge in [-0.2, -0.15) is 5.10 Å². The molecule has 0 radical (unpaired) electrons. The highest BCUT2D eigenvalue weighted by molar-refractivity contribution is 9.10. The molecule has 20 heavy (non-hydrogen) atoms. The van der Waals surface area contributed by atoms with Crippen LogP contribution in [-0.4, -0.2) is 9.78 Å². The molecule has 106 valence electrons. The first-order valence-corrected chi connectivity index (χ1v) is 7.41. The van der Waals surface area contributed by atoms with E-state index in [2.05, 4.69) is 26.3 Å². The third-order valence-corrected chi connectivity index (χ3v) is 3.81. The highest BCUT2D eigenvalue weighted by atomic mass is 79.9. The van der Waals surface area contributed by atoms with Crippen molar-refractivity contribution in [2.75, 3.05) is 5.32 Å². The molecule has 0 aliphatic rings. The average molecular weight is 357 g/mol. The fraction of sp³-hybridized carbons (Fsp3) is 0.286.